The van der Waals surface area contributed by atoms with Gasteiger partial charge in [0, 0.05) is 25.7 Å². The maximum atomic E-state index is 13.9. The molecule has 19 heavy (non-hydrogen) atoms. The van der Waals surface area contributed by atoms with E-state index in [1.807, 2.05) is 0 Å². The summed E-state index contributed by atoms with van der Waals surface area (Å²) in [7, 11) is 0. The number of amides is 1. The molecule has 104 valence electrons. The van der Waals surface area contributed by atoms with Gasteiger partial charge in [0.05, 0.1) is 17.6 Å². The Morgan fingerprint density at radius 1 is 1.63 bits per heavy atom. The van der Waals surface area contributed by atoms with Gasteiger partial charge in [0.15, 0.2) is 0 Å². The first-order valence-corrected chi connectivity index (χ1v) is 5.73. The molecule has 0 saturated carbocycles. The Hall–Kier alpha value is -1.96. The number of anilines is 2. The fourth-order valence-electron chi connectivity index (χ4n) is 2.11. The molecule has 8 heteroatoms. The van der Waals surface area contributed by atoms with Crippen LogP contribution in [0, 0.1) is 0 Å². The van der Waals surface area contributed by atoms with E-state index in [2.05, 4.69) is 10.3 Å². The van der Waals surface area contributed by atoms with E-state index in [-0.39, 0.29) is 24.5 Å². The van der Waals surface area contributed by atoms with Gasteiger partial charge in [-0.15, -0.1) is 0 Å². The van der Waals surface area contributed by atoms with Gasteiger partial charge in [-0.05, 0) is 6.07 Å². The molecule has 1 fully saturated rings. The van der Waals surface area contributed by atoms with Crippen LogP contribution < -0.4 is 16.0 Å². The first-order valence-electron chi connectivity index (χ1n) is 5.73. The fraction of sp³-hybridized carbons (Fsp3) is 0.455. The number of nitrogen functional groups attached to an aromatic ring is 1. The number of nitrogens with one attached hydrogen (secondary N) is 1. The number of pyridine rings is 1. The highest BCUT2D eigenvalue weighted by atomic mass is 19.3. The number of nitrogens with two attached hydrogens (primary N) is 1. The Bertz CT molecular complexity index is 484. The number of aromatic nitrogens is 1. The van der Waals surface area contributed by atoms with Crippen molar-refractivity contribution >= 4 is 17.5 Å². The molecule has 1 amide bonds. The van der Waals surface area contributed by atoms with Crippen LogP contribution in [0.1, 0.15) is 6.42 Å². The Labute approximate surface area is 108 Å². The predicted molar refractivity (Wildman–Crippen MR) is 65.4 cm³/mol. The van der Waals surface area contributed by atoms with E-state index < -0.39 is 24.5 Å². The van der Waals surface area contributed by atoms with Crippen LogP contribution in [0.15, 0.2) is 18.5 Å². The quantitative estimate of drug-likeness (QED) is 0.751. The average molecular weight is 272 g/mol. The van der Waals surface area contributed by atoms with E-state index in [1.54, 1.807) is 0 Å². The molecule has 0 bridgehead atoms. The van der Waals surface area contributed by atoms with Crippen LogP contribution in [0.25, 0.3) is 0 Å². The molecule has 0 aromatic carbocycles. The first kappa shape index (κ1) is 13.5. The standard InChI is InChI=1S/C11H14F2N4O2/c12-11(13)2-4-16-6-9(11)17(10(18)19)8-1-3-15-5-7(8)14/h1,3,5,9,16H,2,4,6,14H2,(H,18,19). The van der Waals surface area contributed by atoms with Gasteiger partial charge in [-0.2, -0.15) is 0 Å². The summed E-state index contributed by atoms with van der Waals surface area (Å²) >= 11 is 0. The number of alkyl halides is 2. The highest BCUT2D eigenvalue weighted by Gasteiger charge is 2.47. The number of piperidine rings is 1. The van der Waals surface area contributed by atoms with Crippen molar-refractivity contribution in [2.45, 2.75) is 18.4 Å². The summed E-state index contributed by atoms with van der Waals surface area (Å²) in [6.07, 6.45) is 0.675. The number of carboxylic acid groups (broad SMARTS) is 1. The zero-order valence-electron chi connectivity index (χ0n) is 10.0. The maximum absolute atomic E-state index is 13.9. The zero-order chi connectivity index (χ0) is 14.0. The van der Waals surface area contributed by atoms with Crippen LogP contribution in [0.2, 0.25) is 0 Å². The van der Waals surface area contributed by atoms with E-state index in [9.17, 15) is 18.7 Å². The third-order valence-corrected chi connectivity index (χ3v) is 3.07. The lowest BCUT2D eigenvalue weighted by Crippen LogP contribution is -2.59. The second kappa shape index (κ2) is 4.96. The minimum Gasteiger partial charge on any atom is -0.465 e. The van der Waals surface area contributed by atoms with Crippen LogP contribution in [-0.2, 0) is 0 Å². The molecule has 1 saturated heterocycles. The minimum atomic E-state index is -3.10. The SMILES string of the molecule is Nc1cnccc1N(C(=O)O)C1CNCCC1(F)F. The topological polar surface area (TPSA) is 91.5 Å². The lowest BCUT2D eigenvalue weighted by Gasteiger charge is -2.38. The van der Waals surface area contributed by atoms with Crippen molar-refractivity contribution in [1.82, 2.24) is 10.3 Å². The van der Waals surface area contributed by atoms with E-state index in [0.29, 0.717) is 4.90 Å². The van der Waals surface area contributed by atoms with E-state index in [0.717, 1.165) is 0 Å². The summed E-state index contributed by atoms with van der Waals surface area (Å²) < 4.78 is 27.8. The molecule has 0 spiro atoms. The highest BCUT2D eigenvalue weighted by molar-refractivity contribution is 5.91. The Morgan fingerprint density at radius 2 is 2.37 bits per heavy atom. The lowest BCUT2D eigenvalue weighted by atomic mass is 10.0. The van der Waals surface area contributed by atoms with Crippen molar-refractivity contribution in [3.05, 3.63) is 18.5 Å². The number of hydrogen-bond donors (Lipinski definition) is 3. The summed E-state index contributed by atoms with van der Waals surface area (Å²) in [5.74, 6) is -3.10. The van der Waals surface area contributed by atoms with Gasteiger partial charge in [0.2, 0.25) is 0 Å². The summed E-state index contributed by atoms with van der Waals surface area (Å²) in [5, 5.41) is 12.0. The summed E-state index contributed by atoms with van der Waals surface area (Å²) in [5.41, 5.74) is 5.69. The number of carbonyl (C=O) groups is 1. The molecule has 0 radical (unpaired) electrons. The molecule has 0 aliphatic carbocycles. The van der Waals surface area contributed by atoms with Crippen molar-refractivity contribution in [3.8, 4) is 0 Å². The second-order valence-corrected chi connectivity index (χ2v) is 4.32. The highest BCUT2D eigenvalue weighted by Crippen LogP contribution is 2.34. The molecule has 1 aromatic rings. The molecular formula is C11H14F2N4O2. The normalized spacial score (nSPS) is 21.9. The van der Waals surface area contributed by atoms with Gasteiger partial charge < -0.3 is 16.2 Å². The smallest absolute Gasteiger partial charge is 0.412 e. The van der Waals surface area contributed by atoms with Crippen molar-refractivity contribution in [1.29, 1.82) is 0 Å². The van der Waals surface area contributed by atoms with Crippen molar-refractivity contribution in [2.75, 3.05) is 23.7 Å². The molecule has 2 rings (SSSR count). The molecule has 6 nitrogen and oxygen atoms in total. The molecule has 1 unspecified atom stereocenters. The molecule has 1 aliphatic rings. The lowest BCUT2D eigenvalue weighted by molar-refractivity contribution is -0.0462. The number of rotatable bonds is 2. The Morgan fingerprint density at radius 3 is 2.95 bits per heavy atom. The largest absolute Gasteiger partial charge is 0.465 e. The number of hydrogen-bond acceptors (Lipinski definition) is 4. The third kappa shape index (κ3) is 2.58. The minimum absolute atomic E-state index is 0.0240. The van der Waals surface area contributed by atoms with Gasteiger partial charge in [-0.3, -0.25) is 9.88 Å². The third-order valence-electron chi connectivity index (χ3n) is 3.07. The van der Waals surface area contributed by atoms with Crippen LogP contribution >= 0.6 is 0 Å². The predicted octanol–water partition coefficient (Wildman–Crippen LogP) is 1.15. The van der Waals surface area contributed by atoms with Crippen LogP contribution in [-0.4, -0.2) is 41.2 Å². The molecule has 1 atom stereocenters. The summed E-state index contributed by atoms with van der Waals surface area (Å²) in [4.78, 5) is 15.7. The van der Waals surface area contributed by atoms with Crippen molar-refractivity contribution < 1.29 is 18.7 Å². The summed E-state index contributed by atoms with van der Waals surface area (Å²) in [6.45, 7) is 0.0316. The average Bonchev–Trinajstić information content (AvgIpc) is 2.33. The fourth-order valence-corrected chi connectivity index (χ4v) is 2.11. The van der Waals surface area contributed by atoms with E-state index in [4.69, 9.17) is 5.73 Å². The second-order valence-electron chi connectivity index (χ2n) is 4.32. The zero-order valence-corrected chi connectivity index (χ0v) is 10.0. The number of halogens is 2. The molecule has 4 N–H and O–H groups in total. The van der Waals surface area contributed by atoms with Crippen molar-refractivity contribution in [2.24, 2.45) is 0 Å². The first-order chi connectivity index (χ1) is 8.93. The van der Waals surface area contributed by atoms with Crippen molar-refractivity contribution in [3.63, 3.8) is 0 Å². The van der Waals surface area contributed by atoms with E-state index in [1.165, 1.54) is 18.5 Å². The van der Waals surface area contributed by atoms with Gasteiger partial charge in [0.1, 0.15) is 6.04 Å². The Kier molecular flexibility index (Phi) is 3.52. The molecule has 1 aromatic heterocycles. The number of nitrogens with zero attached hydrogens (tertiary/aromatic N) is 2. The Balaban J connectivity index is 2.41. The van der Waals surface area contributed by atoms with Crippen LogP contribution in [0.3, 0.4) is 0 Å². The van der Waals surface area contributed by atoms with Gasteiger partial charge >= 0.3 is 6.09 Å². The summed E-state index contributed by atoms with van der Waals surface area (Å²) in [6, 6.07) is -0.169. The maximum Gasteiger partial charge on any atom is 0.412 e. The molecular weight excluding hydrogens is 258 g/mol. The van der Waals surface area contributed by atoms with Gasteiger partial charge in [-0.25, -0.2) is 13.6 Å². The van der Waals surface area contributed by atoms with Gasteiger partial charge in [0.25, 0.3) is 5.92 Å². The van der Waals surface area contributed by atoms with E-state index >= 15 is 0 Å². The molecule has 1 aliphatic heterocycles. The molecule has 2 heterocycles. The monoisotopic (exact) mass is 272 g/mol. The van der Waals surface area contributed by atoms with Crippen LogP contribution in [0.4, 0.5) is 25.0 Å². The van der Waals surface area contributed by atoms with Gasteiger partial charge in [-0.1, -0.05) is 0 Å². The van der Waals surface area contributed by atoms with Crippen LogP contribution in [0.5, 0.6) is 0 Å².